The summed E-state index contributed by atoms with van der Waals surface area (Å²) in [5.74, 6) is -2.19. The van der Waals surface area contributed by atoms with Crippen LogP contribution in [0.2, 0.25) is 0 Å². The van der Waals surface area contributed by atoms with Crippen LogP contribution in [0.4, 0.5) is 0 Å². The van der Waals surface area contributed by atoms with Crippen LogP contribution in [0.25, 0.3) is 0 Å². The second-order valence-electron chi connectivity index (χ2n) is 9.16. The fraction of sp³-hybridized carbons (Fsp3) is 0.333. The van der Waals surface area contributed by atoms with Crippen molar-refractivity contribution in [3.8, 4) is 11.5 Å². The molecule has 3 aromatic rings. The van der Waals surface area contributed by atoms with Crippen LogP contribution >= 0.6 is 0 Å². The lowest BCUT2D eigenvalue weighted by Crippen LogP contribution is -2.28. The van der Waals surface area contributed by atoms with E-state index in [1.807, 2.05) is 44.2 Å². The summed E-state index contributed by atoms with van der Waals surface area (Å²) >= 11 is 0. The Morgan fingerprint density at radius 2 is 1.62 bits per heavy atom. The van der Waals surface area contributed by atoms with E-state index in [0.717, 1.165) is 11.1 Å². The molecule has 0 spiro atoms. The molecule has 0 unspecified atom stereocenters. The zero-order valence-corrected chi connectivity index (χ0v) is 21.9. The minimum Gasteiger partial charge on any atom is -0.493 e. The van der Waals surface area contributed by atoms with Crippen molar-refractivity contribution in [2.45, 2.75) is 52.6 Å². The van der Waals surface area contributed by atoms with E-state index in [-0.39, 0.29) is 29.5 Å². The highest BCUT2D eigenvalue weighted by Gasteiger charge is 2.29. The normalized spacial score (nSPS) is 13.2. The van der Waals surface area contributed by atoms with Crippen molar-refractivity contribution in [1.29, 1.82) is 0 Å². The summed E-state index contributed by atoms with van der Waals surface area (Å²) in [6.45, 7) is 6.78. The van der Waals surface area contributed by atoms with E-state index < -0.39 is 29.7 Å². The van der Waals surface area contributed by atoms with Crippen LogP contribution in [0, 0.1) is 12.8 Å². The highest BCUT2D eigenvalue weighted by molar-refractivity contribution is 5.99. The molecule has 0 amide bonds. The maximum atomic E-state index is 13.0. The first kappa shape index (κ1) is 27.6. The first-order valence-electron chi connectivity index (χ1n) is 12.2. The minimum atomic E-state index is -0.732. The lowest BCUT2D eigenvalue weighted by atomic mass is 9.87. The zero-order chi connectivity index (χ0) is 26.9. The SMILES string of the molecule is COc1ccnc(C(=O)C[C@@H](C)C(=O)O[C@@H](C)[C@H](Cc2ccc(C)cc2)c2ccccc2)c1OC(C)=O. The molecule has 7 heteroatoms. The van der Waals surface area contributed by atoms with Crippen molar-refractivity contribution in [1.82, 2.24) is 4.98 Å². The Kier molecular flexibility index (Phi) is 9.55. The smallest absolute Gasteiger partial charge is 0.309 e. The Morgan fingerprint density at radius 3 is 2.24 bits per heavy atom. The fourth-order valence-electron chi connectivity index (χ4n) is 4.11. The lowest BCUT2D eigenvalue weighted by Gasteiger charge is -2.26. The highest BCUT2D eigenvalue weighted by atomic mass is 16.6. The van der Waals surface area contributed by atoms with Crippen LogP contribution in [-0.4, -0.2) is 35.9 Å². The number of hydrogen-bond donors (Lipinski definition) is 0. The van der Waals surface area contributed by atoms with Gasteiger partial charge in [-0.2, -0.15) is 0 Å². The van der Waals surface area contributed by atoms with E-state index in [9.17, 15) is 14.4 Å². The Hall–Kier alpha value is -4.00. The third-order valence-corrected chi connectivity index (χ3v) is 6.16. The molecule has 0 saturated heterocycles. The van der Waals surface area contributed by atoms with E-state index in [2.05, 4.69) is 29.2 Å². The molecule has 3 atom stereocenters. The minimum absolute atomic E-state index is 0.0568. The molecule has 0 aliphatic rings. The number of carbonyl (C=O) groups excluding carboxylic acids is 3. The van der Waals surface area contributed by atoms with E-state index >= 15 is 0 Å². The summed E-state index contributed by atoms with van der Waals surface area (Å²) in [6, 6.07) is 19.7. The number of aryl methyl sites for hydroxylation is 1. The number of hydrogen-bond acceptors (Lipinski definition) is 7. The van der Waals surface area contributed by atoms with Gasteiger partial charge >= 0.3 is 11.9 Å². The van der Waals surface area contributed by atoms with Gasteiger partial charge in [0, 0.05) is 31.5 Å². The second-order valence-corrected chi connectivity index (χ2v) is 9.16. The molecule has 194 valence electrons. The van der Waals surface area contributed by atoms with Crippen molar-refractivity contribution in [3.63, 3.8) is 0 Å². The number of pyridine rings is 1. The Labute approximate surface area is 217 Å². The van der Waals surface area contributed by atoms with Crippen LogP contribution in [0.3, 0.4) is 0 Å². The monoisotopic (exact) mass is 503 g/mol. The largest absolute Gasteiger partial charge is 0.493 e. The number of nitrogens with zero attached hydrogens (tertiary/aromatic N) is 1. The average molecular weight is 504 g/mol. The van der Waals surface area contributed by atoms with Crippen molar-refractivity contribution in [2.75, 3.05) is 7.11 Å². The standard InChI is InChI=1S/C30H33NO6/c1-19-11-13-23(14-12-19)18-25(24-9-7-6-8-10-24)21(3)36-30(34)20(2)17-26(33)28-29(37-22(4)32)27(35-5)15-16-31-28/h6-16,20-21,25H,17-18H2,1-5H3/t20-,21+,25+/m1/s1. The summed E-state index contributed by atoms with van der Waals surface area (Å²) in [7, 11) is 1.40. The molecule has 3 rings (SSSR count). The lowest BCUT2D eigenvalue weighted by molar-refractivity contribution is -0.153. The van der Waals surface area contributed by atoms with Gasteiger partial charge < -0.3 is 14.2 Å². The summed E-state index contributed by atoms with van der Waals surface area (Å²) in [5.41, 5.74) is 3.33. The zero-order valence-electron chi connectivity index (χ0n) is 21.9. The predicted molar refractivity (Wildman–Crippen MR) is 140 cm³/mol. The van der Waals surface area contributed by atoms with Gasteiger partial charge in [0.25, 0.3) is 0 Å². The van der Waals surface area contributed by atoms with E-state index in [4.69, 9.17) is 14.2 Å². The Bertz CT molecular complexity index is 1220. The van der Waals surface area contributed by atoms with Crippen molar-refractivity contribution in [3.05, 3.63) is 89.2 Å². The number of aromatic nitrogens is 1. The van der Waals surface area contributed by atoms with Crippen LogP contribution in [0.1, 0.15) is 60.3 Å². The predicted octanol–water partition coefficient (Wildman–Crippen LogP) is 5.49. The molecule has 0 saturated carbocycles. The molecule has 0 aliphatic carbocycles. The number of methoxy groups -OCH3 is 1. The number of carbonyl (C=O) groups is 3. The number of ketones is 1. The number of benzene rings is 2. The number of esters is 2. The van der Waals surface area contributed by atoms with Gasteiger partial charge in [-0.15, -0.1) is 0 Å². The number of Topliss-reactive ketones (excluding diaryl/α,β-unsaturated/α-hetero) is 1. The van der Waals surface area contributed by atoms with Crippen LogP contribution < -0.4 is 9.47 Å². The molecule has 0 bridgehead atoms. The van der Waals surface area contributed by atoms with Gasteiger partial charge in [0.1, 0.15) is 6.10 Å². The number of rotatable bonds is 11. The van der Waals surface area contributed by atoms with Crippen molar-refractivity contribution >= 4 is 17.7 Å². The molecule has 0 N–H and O–H groups in total. The quantitative estimate of drug-likeness (QED) is 0.252. The molecular weight excluding hydrogens is 470 g/mol. The summed E-state index contributed by atoms with van der Waals surface area (Å²) < 4.78 is 16.3. The molecular formula is C30H33NO6. The van der Waals surface area contributed by atoms with E-state index in [1.165, 1.54) is 31.9 Å². The molecule has 0 radical (unpaired) electrons. The van der Waals surface area contributed by atoms with Gasteiger partial charge in [0.2, 0.25) is 5.75 Å². The maximum absolute atomic E-state index is 13.0. The summed E-state index contributed by atoms with van der Waals surface area (Å²) in [5, 5.41) is 0. The van der Waals surface area contributed by atoms with Crippen LogP contribution in [0.15, 0.2) is 66.9 Å². The fourth-order valence-corrected chi connectivity index (χ4v) is 4.11. The van der Waals surface area contributed by atoms with E-state index in [1.54, 1.807) is 6.92 Å². The van der Waals surface area contributed by atoms with Crippen LogP contribution in [0.5, 0.6) is 11.5 Å². The molecule has 2 aromatic carbocycles. The highest BCUT2D eigenvalue weighted by Crippen LogP contribution is 2.32. The first-order chi connectivity index (χ1) is 17.7. The molecule has 1 heterocycles. The van der Waals surface area contributed by atoms with Gasteiger partial charge in [-0.3, -0.25) is 14.4 Å². The summed E-state index contributed by atoms with van der Waals surface area (Å²) in [4.78, 5) is 41.7. The first-order valence-corrected chi connectivity index (χ1v) is 12.2. The van der Waals surface area contributed by atoms with Crippen molar-refractivity contribution < 1.29 is 28.6 Å². The number of ether oxygens (including phenoxy) is 3. The van der Waals surface area contributed by atoms with E-state index in [0.29, 0.717) is 6.42 Å². The molecule has 37 heavy (non-hydrogen) atoms. The molecule has 0 aliphatic heterocycles. The molecule has 0 fully saturated rings. The third kappa shape index (κ3) is 7.49. The molecule has 7 nitrogen and oxygen atoms in total. The van der Waals surface area contributed by atoms with Gasteiger partial charge in [-0.05, 0) is 31.4 Å². The third-order valence-electron chi connectivity index (χ3n) is 6.16. The van der Waals surface area contributed by atoms with Gasteiger partial charge in [-0.1, -0.05) is 67.1 Å². The molecule has 1 aromatic heterocycles. The average Bonchev–Trinajstić information content (AvgIpc) is 2.88. The van der Waals surface area contributed by atoms with Gasteiger partial charge in [0.15, 0.2) is 17.2 Å². The second kappa shape index (κ2) is 12.8. The Balaban J connectivity index is 1.73. The Morgan fingerprint density at radius 1 is 0.946 bits per heavy atom. The van der Waals surface area contributed by atoms with Gasteiger partial charge in [0.05, 0.1) is 13.0 Å². The van der Waals surface area contributed by atoms with Crippen LogP contribution in [-0.2, 0) is 20.7 Å². The topological polar surface area (TPSA) is 91.8 Å². The van der Waals surface area contributed by atoms with Gasteiger partial charge in [-0.25, -0.2) is 4.98 Å². The maximum Gasteiger partial charge on any atom is 0.309 e. The van der Waals surface area contributed by atoms with Crippen molar-refractivity contribution in [2.24, 2.45) is 5.92 Å². The summed E-state index contributed by atoms with van der Waals surface area (Å²) in [6.07, 6.45) is 1.50.